The SMILES string of the molecule is CC(C)(C)C1CCCCC1NCCCO. The molecule has 1 fully saturated rings. The van der Waals surface area contributed by atoms with Crippen molar-refractivity contribution < 1.29 is 5.11 Å². The molecule has 1 aliphatic carbocycles. The van der Waals surface area contributed by atoms with Crippen LogP contribution in [0.4, 0.5) is 0 Å². The van der Waals surface area contributed by atoms with E-state index in [1.807, 2.05) is 0 Å². The van der Waals surface area contributed by atoms with Crippen LogP contribution in [0.3, 0.4) is 0 Å². The van der Waals surface area contributed by atoms with Crippen molar-refractivity contribution in [2.45, 2.75) is 58.9 Å². The second kappa shape index (κ2) is 5.86. The van der Waals surface area contributed by atoms with Gasteiger partial charge < -0.3 is 10.4 Å². The Balaban J connectivity index is 2.43. The van der Waals surface area contributed by atoms with E-state index in [2.05, 4.69) is 26.1 Å². The second-order valence-electron chi connectivity index (χ2n) is 5.89. The van der Waals surface area contributed by atoms with E-state index in [-0.39, 0.29) is 0 Å². The van der Waals surface area contributed by atoms with E-state index in [0.717, 1.165) is 18.9 Å². The van der Waals surface area contributed by atoms with Crippen molar-refractivity contribution >= 4 is 0 Å². The third-order valence-corrected chi connectivity index (χ3v) is 3.62. The van der Waals surface area contributed by atoms with Gasteiger partial charge in [0.2, 0.25) is 0 Å². The number of rotatable bonds is 4. The number of aliphatic hydroxyl groups is 1. The minimum Gasteiger partial charge on any atom is -0.396 e. The minimum absolute atomic E-state index is 0.305. The Hall–Kier alpha value is -0.0800. The average molecular weight is 213 g/mol. The lowest BCUT2D eigenvalue weighted by atomic mass is 9.69. The van der Waals surface area contributed by atoms with E-state index in [0.29, 0.717) is 18.1 Å². The van der Waals surface area contributed by atoms with Gasteiger partial charge in [-0.2, -0.15) is 0 Å². The van der Waals surface area contributed by atoms with Crippen molar-refractivity contribution in [3.05, 3.63) is 0 Å². The highest BCUT2D eigenvalue weighted by Gasteiger charge is 2.33. The first-order valence-corrected chi connectivity index (χ1v) is 6.40. The van der Waals surface area contributed by atoms with Gasteiger partial charge in [-0.3, -0.25) is 0 Å². The predicted molar refractivity (Wildman–Crippen MR) is 64.9 cm³/mol. The quantitative estimate of drug-likeness (QED) is 0.703. The molecule has 90 valence electrons. The summed E-state index contributed by atoms with van der Waals surface area (Å²) in [6.07, 6.45) is 6.31. The van der Waals surface area contributed by atoms with Gasteiger partial charge in [0, 0.05) is 12.6 Å². The van der Waals surface area contributed by atoms with E-state index in [1.165, 1.54) is 25.7 Å². The molecule has 2 heteroatoms. The highest BCUT2D eigenvalue weighted by molar-refractivity contribution is 4.88. The highest BCUT2D eigenvalue weighted by atomic mass is 16.3. The van der Waals surface area contributed by atoms with Gasteiger partial charge in [0.25, 0.3) is 0 Å². The predicted octanol–water partition coefficient (Wildman–Crippen LogP) is 2.56. The van der Waals surface area contributed by atoms with Crippen molar-refractivity contribution in [2.24, 2.45) is 11.3 Å². The van der Waals surface area contributed by atoms with Gasteiger partial charge in [-0.15, -0.1) is 0 Å². The van der Waals surface area contributed by atoms with Crippen LogP contribution in [0.5, 0.6) is 0 Å². The minimum atomic E-state index is 0.305. The van der Waals surface area contributed by atoms with Gasteiger partial charge in [0.05, 0.1) is 0 Å². The van der Waals surface area contributed by atoms with E-state index >= 15 is 0 Å². The van der Waals surface area contributed by atoms with Crippen LogP contribution in [-0.2, 0) is 0 Å². The zero-order valence-corrected chi connectivity index (χ0v) is 10.6. The van der Waals surface area contributed by atoms with Crippen molar-refractivity contribution in [1.82, 2.24) is 5.32 Å². The Labute approximate surface area is 94.5 Å². The molecule has 0 aromatic carbocycles. The molecule has 1 saturated carbocycles. The van der Waals surface area contributed by atoms with Crippen LogP contribution >= 0.6 is 0 Å². The fraction of sp³-hybridized carbons (Fsp3) is 1.00. The topological polar surface area (TPSA) is 32.3 Å². The molecule has 1 rings (SSSR count). The molecule has 0 amide bonds. The molecule has 2 atom stereocenters. The molecule has 0 heterocycles. The molecule has 0 bridgehead atoms. The molecule has 0 radical (unpaired) electrons. The maximum Gasteiger partial charge on any atom is 0.0443 e. The summed E-state index contributed by atoms with van der Waals surface area (Å²) >= 11 is 0. The zero-order chi connectivity index (χ0) is 11.3. The molecular weight excluding hydrogens is 186 g/mol. The number of hydrogen-bond acceptors (Lipinski definition) is 2. The fourth-order valence-electron chi connectivity index (χ4n) is 2.78. The van der Waals surface area contributed by atoms with Gasteiger partial charge >= 0.3 is 0 Å². The second-order valence-corrected chi connectivity index (χ2v) is 5.89. The van der Waals surface area contributed by atoms with Crippen LogP contribution in [0.15, 0.2) is 0 Å². The Morgan fingerprint density at radius 2 is 1.87 bits per heavy atom. The monoisotopic (exact) mass is 213 g/mol. The molecule has 2 nitrogen and oxygen atoms in total. The van der Waals surface area contributed by atoms with Crippen molar-refractivity contribution in [1.29, 1.82) is 0 Å². The first kappa shape index (κ1) is 13.0. The lowest BCUT2D eigenvalue weighted by Gasteiger charge is -2.41. The largest absolute Gasteiger partial charge is 0.396 e. The van der Waals surface area contributed by atoms with Crippen molar-refractivity contribution in [3.8, 4) is 0 Å². The molecule has 2 N–H and O–H groups in total. The van der Waals surface area contributed by atoms with Crippen LogP contribution in [-0.4, -0.2) is 24.3 Å². The fourth-order valence-corrected chi connectivity index (χ4v) is 2.78. The van der Waals surface area contributed by atoms with Gasteiger partial charge in [-0.25, -0.2) is 0 Å². The molecular formula is C13H27NO. The van der Waals surface area contributed by atoms with E-state index in [4.69, 9.17) is 5.11 Å². The summed E-state index contributed by atoms with van der Waals surface area (Å²) in [5.74, 6) is 0.796. The third-order valence-electron chi connectivity index (χ3n) is 3.62. The summed E-state index contributed by atoms with van der Waals surface area (Å²) in [6, 6.07) is 0.672. The third kappa shape index (κ3) is 4.12. The van der Waals surface area contributed by atoms with Gasteiger partial charge in [0.1, 0.15) is 0 Å². The average Bonchev–Trinajstić information content (AvgIpc) is 2.17. The standard InChI is InChI=1S/C13H27NO/c1-13(2,3)11-7-4-5-8-12(11)14-9-6-10-15/h11-12,14-15H,4-10H2,1-3H3. The van der Waals surface area contributed by atoms with Crippen LogP contribution in [0.25, 0.3) is 0 Å². The van der Waals surface area contributed by atoms with Crippen LogP contribution in [0.1, 0.15) is 52.9 Å². The normalized spacial score (nSPS) is 28.0. The first-order valence-electron chi connectivity index (χ1n) is 6.40. The summed E-state index contributed by atoms with van der Waals surface area (Å²) in [6.45, 7) is 8.32. The zero-order valence-electron chi connectivity index (χ0n) is 10.6. The molecule has 0 spiro atoms. The van der Waals surface area contributed by atoms with Gasteiger partial charge in [-0.1, -0.05) is 33.6 Å². The number of nitrogens with one attached hydrogen (secondary N) is 1. The lowest BCUT2D eigenvalue weighted by molar-refractivity contribution is 0.129. The molecule has 15 heavy (non-hydrogen) atoms. The van der Waals surface area contributed by atoms with Gasteiger partial charge in [-0.05, 0) is 37.1 Å². The molecule has 0 aliphatic heterocycles. The smallest absolute Gasteiger partial charge is 0.0443 e. The van der Waals surface area contributed by atoms with Crippen molar-refractivity contribution in [2.75, 3.05) is 13.2 Å². The van der Waals surface area contributed by atoms with E-state index in [9.17, 15) is 0 Å². The summed E-state index contributed by atoms with van der Waals surface area (Å²) < 4.78 is 0. The molecule has 0 saturated heterocycles. The Kier molecular flexibility index (Phi) is 5.07. The first-order chi connectivity index (χ1) is 7.05. The lowest BCUT2D eigenvalue weighted by Crippen LogP contribution is -2.44. The maximum atomic E-state index is 8.78. The summed E-state index contributed by atoms with van der Waals surface area (Å²) in [4.78, 5) is 0. The Morgan fingerprint density at radius 3 is 2.47 bits per heavy atom. The van der Waals surface area contributed by atoms with E-state index in [1.54, 1.807) is 0 Å². The summed E-state index contributed by atoms with van der Waals surface area (Å²) in [5, 5.41) is 12.4. The molecule has 1 aliphatic rings. The van der Waals surface area contributed by atoms with Crippen LogP contribution < -0.4 is 5.32 Å². The van der Waals surface area contributed by atoms with E-state index < -0.39 is 0 Å². The Morgan fingerprint density at radius 1 is 1.20 bits per heavy atom. The summed E-state index contributed by atoms with van der Waals surface area (Å²) in [5.41, 5.74) is 0.414. The molecule has 0 aromatic rings. The van der Waals surface area contributed by atoms with Crippen molar-refractivity contribution in [3.63, 3.8) is 0 Å². The van der Waals surface area contributed by atoms with Crippen LogP contribution in [0.2, 0.25) is 0 Å². The van der Waals surface area contributed by atoms with Crippen LogP contribution in [0, 0.1) is 11.3 Å². The number of hydrogen-bond donors (Lipinski definition) is 2. The molecule has 0 aromatic heterocycles. The number of aliphatic hydroxyl groups excluding tert-OH is 1. The van der Waals surface area contributed by atoms with Gasteiger partial charge in [0.15, 0.2) is 0 Å². The highest BCUT2D eigenvalue weighted by Crippen LogP contribution is 2.37. The Bertz CT molecular complexity index is 174. The molecule has 2 unspecified atom stereocenters. The summed E-state index contributed by atoms with van der Waals surface area (Å²) in [7, 11) is 0. The maximum absolute atomic E-state index is 8.78.